The lowest BCUT2D eigenvalue weighted by Crippen LogP contribution is -1.99. The first-order chi connectivity index (χ1) is 8.08. The van der Waals surface area contributed by atoms with Crippen molar-refractivity contribution in [2.45, 2.75) is 18.7 Å². The van der Waals surface area contributed by atoms with E-state index in [-0.39, 0.29) is 5.38 Å². The van der Waals surface area contributed by atoms with Crippen molar-refractivity contribution < 1.29 is 13.2 Å². The van der Waals surface area contributed by atoms with Gasteiger partial charge in [0.05, 0.1) is 11.6 Å². The lowest BCUT2D eigenvalue weighted by molar-refractivity contribution is 0.528. The van der Waals surface area contributed by atoms with Gasteiger partial charge in [0.2, 0.25) is 0 Å². The smallest absolute Gasteiger partial charge is 0.129 e. The summed E-state index contributed by atoms with van der Waals surface area (Å²) in [5.41, 5.74) is 1.22. The van der Waals surface area contributed by atoms with Crippen LogP contribution in [-0.2, 0) is 6.42 Å². The second kappa shape index (κ2) is 4.88. The predicted molar refractivity (Wildman–Crippen MR) is 62.1 cm³/mol. The molecule has 0 fully saturated rings. The van der Waals surface area contributed by atoms with Crippen LogP contribution in [0.1, 0.15) is 22.3 Å². The zero-order valence-electron chi connectivity index (χ0n) is 9.21. The molecule has 0 N–H and O–H groups in total. The number of alkyl halides is 1. The Bertz CT molecular complexity index is 522. The minimum atomic E-state index is -0.586. The van der Waals surface area contributed by atoms with Gasteiger partial charge in [-0.1, -0.05) is 6.07 Å². The number of halogens is 3. The second-order valence-corrected chi connectivity index (χ2v) is 4.37. The van der Waals surface area contributed by atoms with E-state index in [1.165, 1.54) is 12.1 Å². The molecule has 1 unspecified atom stereocenters. The summed E-state index contributed by atoms with van der Waals surface area (Å²) in [4.78, 5) is 0. The van der Waals surface area contributed by atoms with E-state index in [9.17, 15) is 8.78 Å². The maximum Gasteiger partial charge on any atom is 0.129 e. The molecule has 90 valence electrons. The van der Waals surface area contributed by atoms with Crippen molar-refractivity contribution in [3.8, 4) is 0 Å². The van der Waals surface area contributed by atoms with E-state index in [1.807, 2.05) is 0 Å². The van der Waals surface area contributed by atoms with Crippen molar-refractivity contribution in [2.24, 2.45) is 0 Å². The molecule has 0 amide bonds. The van der Waals surface area contributed by atoms with Gasteiger partial charge in [-0.3, -0.25) is 0 Å². The fourth-order valence-electron chi connectivity index (χ4n) is 1.71. The molecule has 1 aromatic heterocycles. The van der Waals surface area contributed by atoms with Gasteiger partial charge in [0.15, 0.2) is 0 Å². The minimum absolute atomic E-state index is 0.300. The van der Waals surface area contributed by atoms with Crippen molar-refractivity contribution in [2.75, 3.05) is 0 Å². The highest BCUT2D eigenvalue weighted by atomic mass is 35.5. The van der Waals surface area contributed by atoms with Crippen LogP contribution in [0.4, 0.5) is 8.78 Å². The predicted octanol–water partition coefficient (Wildman–Crippen LogP) is 4.39. The van der Waals surface area contributed by atoms with E-state index in [0.29, 0.717) is 17.7 Å². The number of furan rings is 1. The average Bonchev–Trinajstić information content (AvgIpc) is 2.68. The van der Waals surface area contributed by atoms with Crippen molar-refractivity contribution in [3.05, 3.63) is 59.1 Å². The molecule has 0 radical (unpaired) electrons. The van der Waals surface area contributed by atoms with Gasteiger partial charge in [0, 0.05) is 11.6 Å². The van der Waals surface area contributed by atoms with E-state index in [1.54, 1.807) is 19.3 Å². The van der Waals surface area contributed by atoms with Crippen LogP contribution in [-0.4, -0.2) is 0 Å². The SMILES string of the molecule is Cc1occc1C(Cl)Cc1ccc(F)cc1F. The molecule has 1 aromatic carbocycles. The van der Waals surface area contributed by atoms with Crippen LogP contribution in [0.3, 0.4) is 0 Å². The highest BCUT2D eigenvalue weighted by Crippen LogP contribution is 2.29. The van der Waals surface area contributed by atoms with Crippen LogP contribution < -0.4 is 0 Å². The Balaban J connectivity index is 2.19. The van der Waals surface area contributed by atoms with E-state index in [0.717, 1.165) is 11.6 Å². The summed E-state index contributed by atoms with van der Waals surface area (Å²) in [5.74, 6) is -0.443. The van der Waals surface area contributed by atoms with Gasteiger partial charge in [-0.15, -0.1) is 11.6 Å². The van der Waals surface area contributed by atoms with E-state index < -0.39 is 11.6 Å². The first kappa shape index (κ1) is 12.1. The Labute approximate surface area is 103 Å². The third-order valence-corrected chi connectivity index (χ3v) is 3.04. The van der Waals surface area contributed by atoms with E-state index in [4.69, 9.17) is 16.0 Å². The van der Waals surface area contributed by atoms with E-state index >= 15 is 0 Å². The summed E-state index contributed by atoms with van der Waals surface area (Å²) < 4.78 is 31.3. The van der Waals surface area contributed by atoms with Crippen molar-refractivity contribution in [3.63, 3.8) is 0 Å². The minimum Gasteiger partial charge on any atom is -0.469 e. The highest BCUT2D eigenvalue weighted by molar-refractivity contribution is 6.21. The van der Waals surface area contributed by atoms with Gasteiger partial charge < -0.3 is 4.42 Å². The van der Waals surface area contributed by atoms with Gasteiger partial charge in [0.25, 0.3) is 0 Å². The molecule has 4 heteroatoms. The Morgan fingerprint density at radius 3 is 2.65 bits per heavy atom. The van der Waals surface area contributed by atoms with Gasteiger partial charge in [0.1, 0.15) is 17.4 Å². The Hall–Kier alpha value is -1.35. The lowest BCUT2D eigenvalue weighted by atomic mass is 10.0. The second-order valence-electron chi connectivity index (χ2n) is 3.84. The third kappa shape index (κ3) is 2.67. The number of hydrogen-bond acceptors (Lipinski definition) is 1. The maximum absolute atomic E-state index is 13.4. The monoisotopic (exact) mass is 256 g/mol. The number of benzene rings is 1. The molecule has 0 bridgehead atoms. The molecule has 1 heterocycles. The largest absolute Gasteiger partial charge is 0.469 e. The number of rotatable bonds is 3. The summed E-state index contributed by atoms with van der Waals surface area (Å²) >= 11 is 6.18. The zero-order valence-corrected chi connectivity index (χ0v) is 9.97. The molecule has 2 aromatic rings. The molecule has 0 saturated heterocycles. The number of hydrogen-bond donors (Lipinski definition) is 0. The van der Waals surface area contributed by atoms with E-state index in [2.05, 4.69) is 0 Å². The number of aryl methyl sites for hydroxylation is 1. The van der Waals surface area contributed by atoms with Crippen molar-refractivity contribution in [1.82, 2.24) is 0 Å². The van der Waals surface area contributed by atoms with Crippen LogP contribution in [0.25, 0.3) is 0 Å². The molecular weight excluding hydrogens is 246 g/mol. The average molecular weight is 257 g/mol. The van der Waals surface area contributed by atoms with Crippen molar-refractivity contribution >= 4 is 11.6 Å². The summed E-state index contributed by atoms with van der Waals surface area (Å²) in [5, 5.41) is -0.381. The summed E-state index contributed by atoms with van der Waals surface area (Å²) in [6, 6.07) is 5.26. The Morgan fingerprint density at radius 1 is 1.29 bits per heavy atom. The molecule has 2 rings (SSSR count). The van der Waals surface area contributed by atoms with Gasteiger partial charge in [-0.25, -0.2) is 8.78 Å². The quantitative estimate of drug-likeness (QED) is 0.743. The third-order valence-electron chi connectivity index (χ3n) is 2.65. The normalized spacial score (nSPS) is 12.7. The fourth-order valence-corrected chi connectivity index (χ4v) is 2.10. The summed E-state index contributed by atoms with van der Waals surface area (Å²) in [6.45, 7) is 1.80. The van der Waals surface area contributed by atoms with Crippen LogP contribution >= 0.6 is 11.6 Å². The van der Waals surface area contributed by atoms with Crippen molar-refractivity contribution in [1.29, 1.82) is 0 Å². The van der Waals surface area contributed by atoms with Crippen LogP contribution in [0, 0.1) is 18.6 Å². The first-order valence-corrected chi connectivity index (χ1v) is 5.63. The first-order valence-electron chi connectivity index (χ1n) is 5.20. The fraction of sp³-hybridized carbons (Fsp3) is 0.231. The molecule has 0 aliphatic carbocycles. The van der Waals surface area contributed by atoms with Crippen LogP contribution in [0.5, 0.6) is 0 Å². The van der Waals surface area contributed by atoms with Gasteiger partial charge in [-0.05, 0) is 31.0 Å². The summed E-state index contributed by atoms with van der Waals surface area (Å²) in [7, 11) is 0. The molecule has 1 atom stereocenters. The molecule has 0 aliphatic rings. The zero-order chi connectivity index (χ0) is 12.4. The standard InChI is InChI=1S/C13H11ClF2O/c1-8-11(4-5-17-8)12(14)6-9-2-3-10(15)7-13(9)16/h2-5,7,12H,6H2,1H3. The van der Waals surface area contributed by atoms with Gasteiger partial charge in [-0.2, -0.15) is 0 Å². The molecular formula is C13H11ClF2O. The maximum atomic E-state index is 13.4. The molecule has 17 heavy (non-hydrogen) atoms. The topological polar surface area (TPSA) is 13.1 Å². The molecule has 1 nitrogen and oxygen atoms in total. The van der Waals surface area contributed by atoms with Crippen LogP contribution in [0.2, 0.25) is 0 Å². The highest BCUT2D eigenvalue weighted by Gasteiger charge is 2.15. The lowest BCUT2D eigenvalue weighted by Gasteiger charge is -2.09. The molecule has 0 aliphatic heterocycles. The molecule has 0 spiro atoms. The Kier molecular flexibility index (Phi) is 3.48. The summed E-state index contributed by atoms with van der Waals surface area (Å²) in [6.07, 6.45) is 1.84. The Morgan fingerprint density at radius 2 is 2.06 bits per heavy atom. The van der Waals surface area contributed by atoms with Gasteiger partial charge >= 0.3 is 0 Å². The van der Waals surface area contributed by atoms with Crippen LogP contribution in [0.15, 0.2) is 34.9 Å². The molecule has 0 saturated carbocycles.